The average Bonchev–Trinajstić information content (AvgIpc) is 2.58. The van der Waals surface area contributed by atoms with Crippen molar-refractivity contribution in [3.05, 3.63) is 39.9 Å². The highest BCUT2D eigenvalue weighted by Crippen LogP contribution is 2.60. The fourth-order valence-corrected chi connectivity index (χ4v) is 5.63. The Labute approximate surface area is 146 Å². The van der Waals surface area contributed by atoms with E-state index >= 15 is 0 Å². The zero-order valence-corrected chi connectivity index (χ0v) is 14.4. The molecule has 0 aliphatic heterocycles. The summed E-state index contributed by atoms with van der Waals surface area (Å²) in [6.07, 6.45) is 7.69. The number of nitro groups is 1. The van der Waals surface area contributed by atoms with Crippen LogP contribution in [0.3, 0.4) is 0 Å². The number of nitro benzene ring substituents is 1. The SMILES string of the molecule is CC(=NNC(=O)c1cccc([N+](=O)[O-])c1)C12CC3CC(CC(C3)C1)C2. The Balaban J connectivity index is 1.49. The molecule has 132 valence electrons. The van der Waals surface area contributed by atoms with Crippen LogP contribution in [0.15, 0.2) is 29.4 Å². The first-order chi connectivity index (χ1) is 11.9. The van der Waals surface area contributed by atoms with Crippen molar-refractivity contribution < 1.29 is 9.72 Å². The fraction of sp³-hybridized carbons (Fsp3) is 0.579. The van der Waals surface area contributed by atoms with Crippen molar-refractivity contribution in [1.29, 1.82) is 0 Å². The number of rotatable bonds is 4. The predicted octanol–water partition coefficient (Wildman–Crippen LogP) is 3.92. The molecule has 0 spiro atoms. The molecule has 0 unspecified atom stereocenters. The number of amides is 1. The number of hydrogen-bond donors (Lipinski definition) is 1. The summed E-state index contributed by atoms with van der Waals surface area (Å²) >= 11 is 0. The Bertz CT molecular complexity index is 721. The molecule has 4 bridgehead atoms. The Morgan fingerprint density at radius 1 is 1.20 bits per heavy atom. The summed E-state index contributed by atoms with van der Waals surface area (Å²) in [5.41, 5.74) is 3.96. The maximum absolute atomic E-state index is 12.3. The van der Waals surface area contributed by atoms with Crippen LogP contribution in [0.1, 0.15) is 55.8 Å². The van der Waals surface area contributed by atoms with E-state index < -0.39 is 10.8 Å². The summed E-state index contributed by atoms with van der Waals surface area (Å²) in [6, 6.07) is 5.74. The van der Waals surface area contributed by atoms with Gasteiger partial charge in [0.25, 0.3) is 11.6 Å². The molecule has 6 heteroatoms. The number of carbonyl (C=O) groups excluding carboxylic acids is 1. The Morgan fingerprint density at radius 3 is 2.36 bits per heavy atom. The largest absolute Gasteiger partial charge is 0.271 e. The molecule has 1 aromatic carbocycles. The molecule has 4 aliphatic carbocycles. The topological polar surface area (TPSA) is 84.6 Å². The minimum absolute atomic E-state index is 0.0885. The lowest BCUT2D eigenvalue weighted by Crippen LogP contribution is -2.49. The normalized spacial score (nSPS) is 33.3. The van der Waals surface area contributed by atoms with E-state index in [0.717, 1.165) is 23.5 Å². The second kappa shape index (κ2) is 5.93. The van der Waals surface area contributed by atoms with Gasteiger partial charge in [0.1, 0.15) is 0 Å². The van der Waals surface area contributed by atoms with E-state index in [9.17, 15) is 14.9 Å². The molecule has 0 atom stereocenters. The van der Waals surface area contributed by atoms with Gasteiger partial charge in [-0.2, -0.15) is 5.10 Å². The molecule has 4 aliphatic rings. The van der Waals surface area contributed by atoms with Crippen molar-refractivity contribution >= 4 is 17.3 Å². The fourth-order valence-electron chi connectivity index (χ4n) is 5.63. The van der Waals surface area contributed by atoms with Crippen molar-refractivity contribution in [2.45, 2.75) is 45.4 Å². The third kappa shape index (κ3) is 2.94. The number of benzene rings is 1. The minimum atomic E-state index is -0.499. The Morgan fingerprint density at radius 2 is 1.80 bits per heavy atom. The van der Waals surface area contributed by atoms with Gasteiger partial charge in [-0.25, -0.2) is 5.43 Å². The van der Waals surface area contributed by atoms with Crippen LogP contribution in [0.5, 0.6) is 0 Å². The first-order valence-electron chi connectivity index (χ1n) is 9.05. The monoisotopic (exact) mass is 341 g/mol. The van der Waals surface area contributed by atoms with Crippen molar-refractivity contribution in [2.24, 2.45) is 28.3 Å². The number of carbonyl (C=O) groups is 1. The van der Waals surface area contributed by atoms with Gasteiger partial charge in [0.2, 0.25) is 0 Å². The van der Waals surface area contributed by atoms with Gasteiger partial charge in [-0.1, -0.05) is 6.07 Å². The van der Waals surface area contributed by atoms with Crippen molar-refractivity contribution in [3.63, 3.8) is 0 Å². The van der Waals surface area contributed by atoms with E-state index in [2.05, 4.69) is 10.5 Å². The van der Waals surface area contributed by atoms with Crippen LogP contribution in [0.2, 0.25) is 0 Å². The van der Waals surface area contributed by atoms with E-state index in [4.69, 9.17) is 0 Å². The van der Waals surface area contributed by atoms with E-state index in [0.29, 0.717) is 0 Å². The summed E-state index contributed by atoms with van der Waals surface area (Å²) in [5, 5.41) is 15.3. The second-order valence-electron chi connectivity index (χ2n) is 8.14. The highest BCUT2D eigenvalue weighted by molar-refractivity contribution is 5.96. The number of non-ortho nitro benzene ring substituents is 1. The lowest BCUT2D eigenvalue weighted by molar-refractivity contribution is -0.384. The van der Waals surface area contributed by atoms with Gasteiger partial charge < -0.3 is 0 Å². The van der Waals surface area contributed by atoms with Crippen LogP contribution in [0.25, 0.3) is 0 Å². The van der Waals surface area contributed by atoms with Gasteiger partial charge in [-0.3, -0.25) is 14.9 Å². The molecule has 0 saturated heterocycles. The van der Waals surface area contributed by atoms with Crippen LogP contribution in [-0.4, -0.2) is 16.5 Å². The summed E-state index contributed by atoms with van der Waals surface area (Å²) in [6.45, 7) is 2.03. The average molecular weight is 341 g/mol. The number of nitrogens with zero attached hydrogens (tertiary/aromatic N) is 2. The highest BCUT2D eigenvalue weighted by atomic mass is 16.6. The zero-order valence-electron chi connectivity index (χ0n) is 14.4. The lowest BCUT2D eigenvalue weighted by Gasteiger charge is -2.56. The Hall–Kier alpha value is -2.24. The quantitative estimate of drug-likeness (QED) is 0.512. The van der Waals surface area contributed by atoms with Crippen LogP contribution in [0.4, 0.5) is 5.69 Å². The molecule has 1 aromatic rings. The van der Waals surface area contributed by atoms with Gasteiger partial charge in [0, 0.05) is 28.8 Å². The van der Waals surface area contributed by atoms with Gasteiger partial charge in [-0.15, -0.1) is 0 Å². The van der Waals surface area contributed by atoms with E-state index in [1.807, 2.05) is 6.92 Å². The van der Waals surface area contributed by atoms with E-state index in [1.165, 1.54) is 56.7 Å². The van der Waals surface area contributed by atoms with Gasteiger partial charge >= 0.3 is 0 Å². The van der Waals surface area contributed by atoms with E-state index in [-0.39, 0.29) is 16.7 Å². The van der Waals surface area contributed by atoms with Crippen molar-refractivity contribution in [2.75, 3.05) is 0 Å². The molecule has 1 amide bonds. The maximum atomic E-state index is 12.3. The lowest BCUT2D eigenvalue weighted by atomic mass is 9.48. The molecule has 0 heterocycles. The third-order valence-corrected chi connectivity index (χ3v) is 6.45. The predicted molar refractivity (Wildman–Crippen MR) is 94.3 cm³/mol. The first-order valence-corrected chi connectivity index (χ1v) is 9.05. The molecular formula is C19H23N3O3. The van der Waals surface area contributed by atoms with Crippen molar-refractivity contribution in [1.82, 2.24) is 5.43 Å². The number of hydrazone groups is 1. The van der Waals surface area contributed by atoms with Crippen molar-refractivity contribution in [3.8, 4) is 0 Å². The molecule has 5 rings (SSSR count). The van der Waals surface area contributed by atoms with Crippen LogP contribution in [-0.2, 0) is 0 Å². The summed E-state index contributed by atoms with van der Waals surface area (Å²) < 4.78 is 0. The number of nitrogens with one attached hydrogen (secondary N) is 1. The molecule has 25 heavy (non-hydrogen) atoms. The molecule has 1 N–H and O–H groups in total. The van der Waals surface area contributed by atoms with Gasteiger partial charge in [-0.05, 0) is 69.3 Å². The molecule has 4 fully saturated rings. The molecular weight excluding hydrogens is 318 g/mol. The van der Waals surface area contributed by atoms with Gasteiger partial charge in [0.05, 0.1) is 4.92 Å². The summed E-state index contributed by atoms with van der Waals surface area (Å²) in [7, 11) is 0. The first kappa shape index (κ1) is 16.2. The second-order valence-corrected chi connectivity index (χ2v) is 8.14. The Kier molecular flexibility index (Phi) is 3.85. The number of hydrogen-bond acceptors (Lipinski definition) is 4. The molecule has 0 radical (unpaired) electrons. The van der Waals surface area contributed by atoms with Crippen LogP contribution in [0, 0.1) is 33.3 Å². The highest BCUT2D eigenvalue weighted by Gasteiger charge is 2.52. The molecule has 0 aromatic heterocycles. The van der Waals surface area contributed by atoms with Crippen LogP contribution < -0.4 is 5.43 Å². The molecule has 4 saturated carbocycles. The standard InChI is InChI=1S/C19H23N3O3/c1-12(19-9-13-5-14(10-19)7-15(6-13)11-19)20-21-18(23)16-3-2-4-17(8-16)22(24)25/h2-4,8,13-15H,5-7,9-11H2,1H3,(H,21,23). The van der Waals surface area contributed by atoms with Crippen LogP contribution >= 0.6 is 0 Å². The maximum Gasteiger partial charge on any atom is 0.271 e. The van der Waals surface area contributed by atoms with Gasteiger partial charge in [0.15, 0.2) is 0 Å². The third-order valence-electron chi connectivity index (χ3n) is 6.45. The molecule has 6 nitrogen and oxygen atoms in total. The zero-order chi connectivity index (χ0) is 17.6. The smallest absolute Gasteiger partial charge is 0.267 e. The van der Waals surface area contributed by atoms with E-state index in [1.54, 1.807) is 6.07 Å². The minimum Gasteiger partial charge on any atom is -0.267 e. The summed E-state index contributed by atoms with van der Waals surface area (Å²) in [5.74, 6) is 2.07. The summed E-state index contributed by atoms with van der Waals surface area (Å²) in [4.78, 5) is 22.7.